The summed E-state index contributed by atoms with van der Waals surface area (Å²) in [6.07, 6.45) is 4.13. The standard InChI is InChI=1S/C18H26N2O4/c1-18(2,3)24-17(22)20-11-7-5-8-14(20)12-23-13-16(21)15-9-4-6-10-19-15/h4,6,9-10,14H,5,7-8,11-13H2,1-3H3/t14-/m0/s1. The van der Waals surface area contributed by atoms with Crippen LogP contribution in [0.3, 0.4) is 0 Å². The number of piperidine rings is 1. The summed E-state index contributed by atoms with van der Waals surface area (Å²) < 4.78 is 11.0. The van der Waals surface area contributed by atoms with Crippen molar-refractivity contribution >= 4 is 11.9 Å². The molecule has 0 spiro atoms. The predicted octanol–water partition coefficient (Wildman–Crippen LogP) is 3.07. The van der Waals surface area contributed by atoms with Crippen molar-refractivity contribution in [3.05, 3.63) is 30.1 Å². The summed E-state index contributed by atoms with van der Waals surface area (Å²) in [5, 5.41) is 0. The van der Waals surface area contributed by atoms with E-state index in [4.69, 9.17) is 9.47 Å². The minimum atomic E-state index is -0.519. The lowest BCUT2D eigenvalue weighted by molar-refractivity contribution is -0.00625. The third-order valence-corrected chi connectivity index (χ3v) is 3.75. The van der Waals surface area contributed by atoms with Crippen LogP contribution in [-0.2, 0) is 9.47 Å². The first-order valence-electron chi connectivity index (χ1n) is 8.38. The summed E-state index contributed by atoms with van der Waals surface area (Å²) in [7, 11) is 0. The van der Waals surface area contributed by atoms with E-state index in [9.17, 15) is 9.59 Å². The van der Waals surface area contributed by atoms with E-state index in [0.29, 0.717) is 18.8 Å². The molecule has 1 atom stereocenters. The van der Waals surface area contributed by atoms with Crippen LogP contribution < -0.4 is 0 Å². The van der Waals surface area contributed by atoms with Crippen molar-refractivity contribution < 1.29 is 19.1 Å². The van der Waals surface area contributed by atoms with Crippen LogP contribution in [0.5, 0.6) is 0 Å². The molecule has 1 aliphatic rings. The van der Waals surface area contributed by atoms with Gasteiger partial charge in [-0.25, -0.2) is 4.79 Å². The maximum absolute atomic E-state index is 12.3. The van der Waals surface area contributed by atoms with Crippen molar-refractivity contribution in [2.45, 2.75) is 51.7 Å². The van der Waals surface area contributed by atoms with Crippen LogP contribution in [0.25, 0.3) is 0 Å². The number of Topliss-reactive ketones (excluding diaryl/α,β-unsaturated/α-hetero) is 1. The topological polar surface area (TPSA) is 68.7 Å². The Morgan fingerprint density at radius 2 is 2.08 bits per heavy atom. The Bertz CT molecular complexity index is 554. The number of ether oxygens (including phenoxy) is 2. The fourth-order valence-corrected chi connectivity index (χ4v) is 2.62. The van der Waals surface area contributed by atoms with Crippen LogP contribution in [0.2, 0.25) is 0 Å². The van der Waals surface area contributed by atoms with E-state index in [2.05, 4.69) is 4.98 Å². The molecule has 0 aromatic carbocycles. The number of carbonyl (C=O) groups is 2. The molecular formula is C18H26N2O4. The van der Waals surface area contributed by atoms with Gasteiger partial charge < -0.3 is 14.4 Å². The van der Waals surface area contributed by atoms with Gasteiger partial charge in [0.05, 0.1) is 12.6 Å². The summed E-state index contributed by atoms with van der Waals surface area (Å²) in [5.41, 5.74) is -0.125. The third kappa shape index (κ3) is 5.60. The van der Waals surface area contributed by atoms with Gasteiger partial charge in [-0.1, -0.05) is 6.07 Å². The van der Waals surface area contributed by atoms with Gasteiger partial charge in [0.15, 0.2) is 0 Å². The Labute approximate surface area is 143 Å². The summed E-state index contributed by atoms with van der Waals surface area (Å²) >= 11 is 0. The zero-order valence-electron chi connectivity index (χ0n) is 14.7. The molecule has 6 heteroatoms. The van der Waals surface area contributed by atoms with Crippen LogP contribution in [0.4, 0.5) is 4.79 Å². The van der Waals surface area contributed by atoms with Crippen molar-refractivity contribution in [2.75, 3.05) is 19.8 Å². The van der Waals surface area contributed by atoms with E-state index < -0.39 is 5.60 Å². The molecule has 0 unspecified atom stereocenters. The van der Waals surface area contributed by atoms with Crippen molar-refractivity contribution in [1.82, 2.24) is 9.88 Å². The first-order chi connectivity index (χ1) is 11.4. The molecule has 1 fully saturated rings. The molecule has 132 valence electrons. The Morgan fingerprint density at radius 3 is 2.75 bits per heavy atom. The highest BCUT2D eigenvalue weighted by atomic mass is 16.6. The predicted molar refractivity (Wildman–Crippen MR) is 90.0 cm³/mol. The number of rotatable bonds is 5. The van der Waals surface area contributed by atoms with Gasteiger partial charge in [0.25, 0.3) is 0 Å². The Hall–Kier alpha value is -1.95. The Balaban J connectivity index is 1.85. The molecule has 1 aliphatic heterocycles. The van der Waals surface area contributed by atoms with Crippen LogP contribution >= 0.6 is 0 Å². The molecule has 0 radical (unpaired) electrons. The molecule has 0 N–H and O–H groups in total. The highest BCUT2D eigenvalue weighted by Crippen LogP contribution is 2.20. The van der Waals surface area contributed by atoms with Crippen molar-refractivity contribution in [2.24, 2.45) is 0 Å². The minimum Gasteiger partial charge on any atom is -0.444 e. The molecular weight excluding hydrogens is 308 g/mol. The quantitative estimate of drug-likeness (QED) is 0.774. The second-order valence-corrected chi connectivity index (χ2v) is 6.98. The zero-order chi connectivity index (χ0) is 17.6. The Morgan fingerprint density at radius 1 is 1.29 bits per heavy atom. The molecule has 1 amide bonds. The van der Waals surface area contributed by atoms with E-state index >= 15 is 0 Å². The highest BCUT2D eigenvalue weighted by molar-refractivity contribution is 5.95. The molecule has 0 saturated carbocycles. The third-order valence-electron chi connectivity index (χ3n) is 3.75. The van der Waals surface area contributed by atoms with E-state index in [0.717, 1.165) is 19.3 Å². The van der Waals surface area contributed by atoms with Gasteiger partial charge in [-0.3, -0.25) is 9.78 Å². The number of aromatic nitrogens is 1. The second-order valence-electron chi connectivity index (χ2n) is 6.98. The summed E-state index contributed by atoms with van der Waals surface area (Å²) in [4.78, 5) is 30.0. The molecule has 1 aromatic rings. The number of ketones is 1. The van der Waals surface area contributed by atoms with Gasteiger partial charge >= 0.3 is 6.09 Å². The number of pyridine rings is 1. The van der Waals surface area contributed by atoms with Crippen molar-refractivity contribution in [1.29, 1.82) is 0 Å². The summed E-state index contributed by atoms with van der Waals surface area (Å²) in [6.45, 7) is 6.52. The lowest BCUT2D eigenvalue weighted by atomic mass is 10.0. The number of carbonyl (C=O) groups excluding carboxylic acids is 2. The van der Waals surface area contributed by atoms with Crippen LogP contribution in [0.15, 0.2) is 24.4 Å². The molecule has 2 rings (SSSR count). The normalized spacial score (nSPS) is 18.3. The van der Waals surface area contributed by atoms with Gasteiger partial charge in [-0.05, 0) is 52.2 Å². The largest absolute Gasteiger partial charge is 0.444 e. The van der Waals surface area contributed by atoms with Crippen molar-refractivity contribution in [3.63, 3.8) is 0 Å². The van der Waals surface area contributed by atoms with Gasteiger partial charge in [-0.15, -0.1) is 0 Å². The first kappa shape index (κ1) is 18.4. The highest BCUT2D eigenvalue weighted by Gasteiger charge is 2.30. The number of nitrogens with zero attached hydrogens (tertiary/aromatic N) is 2. The fraction of sp³-hybridized carbons (Fsp3) is 0.611. The number of hydrogen-bond acceptors (Lipinski definition) is 5. The molecule has 2 heterocycles. The van der Waals surface area contributed by atoms with Crippen LogP contribution in [0.1, 0.15) is 50.5 Å². The van der Waals surface area contributed by atoms with Crippen LogP contribution in [-0.4, -0.2) is 53.2 Å². The number of hydrogen-bond donors (Lipinski definition) is 0. The lowest BCUT2D eigenvalue weighted by Crippen LogP contribution is -2.48. The lowest BCUT2D eigenvalue weighted by Gasteiger charge is -2.36. The van der Waals surface area contributed by atoms with Crippen LogP contribution in [0, 0.1) is 0 Å². The SMILES string of the molecule is CC(C)(C)OC(=O)N1CCCC[C@H]1COCC(=O)c1ccccn1. The molecule has 1 aromatic heterocycles. The molecule has 6 nitrogen and oxygen atoms in total. The molecule has 1 saturated heterocycles. The maximum Gasteiger partial charge on any atom is 0.410 e. The van der Waals surface area contributed by atoms with E-state index in [1.54, 1.807) is 29.3 Å². The second kappa shape index (κ2) is 8.24. The first-order valence-corrected chi connectivity index (χ1v) is 8.38. The monoisotopic (exact) mass is 334 g/mol. The van der Waals surface area contributed by atoms with Crippen molar-refractivity contribution in [3.8, 4) is 0 Å². The molecule has 0 bridgehead atoms. The van der Waals surface area contributed by atoms with E-state index in [1.165, 1.54) is 0 Å². The minimum absolute atomic E-state index is 0.0321. The molecule has 0 aliphatic carbocycles. The summed E-state index contributed by atoms with van der Waals surface area (Å²) in [5.74, 6) is -0.157. The fourth-order valence-electron chi connectivity index (χ4n) is 2.62. The maximum atomic E-state index is 12.3. The van der Waals surface area contributed by atoms with Gasteiger partial charge in [0.2, 0.25) is 5.78 Å². The average molecular weight is 334 g/mol. The average Bonchev–Trinajstić information content (AvgIpc) is 2.54. The smallest absolute Gasteiger partial charge is 0.410 e. The molecule has 24 heavy (non-hydrogen) atoms. The number of likely N-dealkylation sites (tertiary alicyclic amines) is 1. The van der Waals surface area contributed by atoms with Gasteiger partial charge in [0.1, 0.15) is 17.9 Å². The summed E-state index contributed by atoms with van der Waals surface area (Å²) in [6, 6.07) is 5.15. The Kier molecular flexibility index (Phi) is 6.31. The zero-order valence-corrected chi connectivity index (χ0v) is 14.7. The van der Waals surface area contributed by atoms with E-state index in [-0.39, 0.29) is 24.5 Å². The number of amides is 1. The van der Waals surface area contributed by atoms with E-state index in [1.807, 2.05) is 20.8 Å². The van der Waals surface area contributed by atoms with Gasteiger partial charge in [-0.2, -0.15) is 0 Å². The van der Waals surface area contributed by atoms with Gasteiger partial charge in [0, 0.05) is 12.7 Å².